The largest absolute Gasteiger partial charge is 0.398 e. The summed E-state index contributed by atoms with van der Waals surface area (Å²) in [7, 11) is 0. The van der Waals surface area contributed by atoms with Gasteiger partial charge in [-0.1, -0.05) is 30.3 Å². The minimum absolute atomic E-state index is 0.734. The van der Waals surface area contributed by atoms with Crippen LogP contribution in [-0.4, -0.2) is 9.55 Å². The van der Waals surface area contributed by atoms with E-state index in [-0.39, 0.29) is 0 Å². The highest BCUT2D eigenvalue weighted by molar-refractivity contribution is 9.10. The predicted molar refractivity (Wildman–Crippen MR) is 77.4 cm³/mol. The molecule has 2 N–H and O–H groups in total. The van der Waals surface area contributed by atoms with E-state index in [1.54, 1.807) is 0 Å². The Morgan fingerprint density at radius 1 is 1.11 bits per heavy atom. The first-order chi connectivity index (χ1) is 8.75. The average Bonchev–Trinajstić information content (AvgIpc) is 2.79. The molecule has 0 saturated heterocycles. The highest BCUT2D eigenvalue weighted by Gasteiger charge is 2.09. The fraction of sp³-hybridized carbons (Fsp3) is 0.0714. The first-order valence-corrected chi connectivity index (χ1v) is 6.48. The van der Waals surface area contributed by atoms with Crippen LogP contribution in [0.2, 0.25) is 0 Å². The van der Waals surface area contributed by atoms with Crippen LogP contribution in [0.25, 0.3) is 11.0 Å². The van der Waals surface area contributed by atoms with Crippen molar-refractivity contribution < 1.29 is 0 Å². The van der Waals surface area contributed by atoms with E-state index >= 15 is 0 Å². The van der Waals surface area contributed by atoms with Gasteiger partial charge in [0.05, 0.1) is 21.8 Å². The lowest BCUT2D eigenvalue weighted by molar-refractivity contribution is 0.823. The van der Waals surface area contributed by atoms with E-state index in [1.807, 2.05) is 36.7 Å². The third-order valence-corrected chi connectivity index (χ3v) is 3.78. The maximum atomic E-state index is 5.92. The number of halogens is 1. The predicted octanol–water partition coefficient (Wildman–Crippen LogP) is 3.43. The molecule has 3 rings (SSSR count). The fourth-order valence-corrected chi connectivity index (χ4v) is 2.60. The molecule has 18 heavy (non-hydrogen) atoms. The van der Waals surface area contributed by atoms with Crippen molar-refractivity contribution in [2.24, 2.45) is 0 Å². The Hall–Kier alpha value is -1.81. The molecular weight excluding hydrogens is 290 g/mol. The maximum Gasteiger partial charge on any atom is 0.0961 e. The number of aromatic nitrogens is 2. The van der Waals surface area contributed by atoms with E-state index in [4.69, 9.17) is 5.73 Å². The second-order valence-corrected chi connectivity index (χ2v) is 4.99. The molecule has 3 aromatic rings. The Labute approximate surface area is 113 Å². The van der Waals surface area contributed by atoms with E-state index < -0.39 is 0 Å². The normalized spacial score (nSPS) is 10.9. The van der Waals surface area contributed by atoms with Gasteiger partial charge >= 0.3 is 0 Å². The van der Waals surface area contributed by atoms with Gasteiger partial charge < -0.3 is 10.3 Å². The van der Waals surface area contributed by atoms with Crippen LogP contribution in [0.4, 0.5) is 5.69 Å². The van der Waals surface area contributed by atoms with E-state index in [2.05, 4.69) is 37.6 Å². The van der Waals surface area contributed by atoms with Gasteiger partial charge in [0.15, 0.2) is 0 Å². The Bertz CT molecular complexity index is 689. The molecule has 0 spiro atoms. The quantitative estimate of drug-likeness (QED) is 0.737. The molecule has 2 aromatic carbocycles. The van der Waals surface area contributed by atoms with Crippen LogP contribution in [0.5, 0.6) is 0 Å². The van der Waals surface area contributed by atoms with Crippen LogP contribution in [0.3, 0.4) is 0 Å². The second-order valence-electron chi connectivity index (χ2n) is 4.19. The van der Waals surface area contributed by atoms with Crippen LogP contribution < -0.4 is 5.73 Å². The summed E-state index contributed by atoms with van der Waals surface area (Å²) >= 11 is 3.54. The van der Waals surface area contributed by atoms with Crippen molar-refractivity contribution >= 4 is 32.7 Å². The minimum Gasteiger partial charge on any atom is -0.398 e. The van der Waals surface area contributed by atoms with Crippen LogP contribution in [0.15, 0.2) is 53.3 Å². The standard InChI is InChI=1S/C14H12BrN3/c15-13-11(16)6-7-12-14(13)18(9-17-12)8-10-4-2-1-3-5-10/h1-7,9H,8,16H2. The first-order valence-electron chi connectivity index (χ1n) is 5.68. The van der Waals surface area contributed by atoms with E-state index in [0.717, 1.165) is 27.7 Å². The molecule has 0 atom stereocenters. The van der Waals surface area contributed by atoms with Gasteiger partial charge in [0, 0.05) is 12.2 Å². The van der Waals surface area contributed by atoms with Crippen LogP contribution in [0, 0.1) is 0 Å². The number of imidazole rings is 1. The second kappa shape index (κ2) is 4.46. The highest BCUT2D eigenvalue weighted by Crippen LogP contribution is 2.29. The molecular formula is C14H12BrN3. The zero-order valence-electron chi connectivity index (χ0n) is 9.68. The van der Waals surface area contributed by atoms with Crippen molar-refractivity contribution in [1.82, 2.24) is 9.55 Å². The molecule has 90 valence electrons. The molecule has 0 radical (unpaired) electrons. The minimum atomic E-state index is 0.734. The van der Waals surface area contributed by atoms with Gasteiger partial charge in [-0.25, -0.2) is 4.98 Å². The molecule has 0 amide bonds. The monoisotopic (exact) mass is 301 g/mol. The van der Waals surface area contributed by atoms with Gasteiger partial charge in [0.2, 0.25) is 0 Å². The lowest BCUT2D eigenvalue weighted by Gasteiger charge is -2.07. The van der Waals surface area contributed by atoms with Gasteiger partial charge in [0.25, 0.3) is 0 Å². The molecule has 0 aliphatic heterocycles. The van der Waals surface area contributed by atoms with E-state index in [1.165, 1.54) is 5.56 Å². The lowest BCUT2D eigenvalue weighted by Crippen LogP contribution is -1.99. The summed E-state index contributed by atoms with van der Waals surface area (Å²) < 4.78 is 3.01. The molecule has 0 aliphatic rings. The van der Waals surface area contributed by atoms with E-state index in [0.29, 0.717) is 0 Å². The summed E-state index contributed by atoms with van der Waals surface area (Å²) in [5.74, 6) is 0. The molecule has 3 nitrogen and oxygen atoms in total. The third kappa shape index (κ3) is 1.88. The third-order valence-electron chi connectivity index (χ3n) is 2.94. The number of nitrogens with zero attached hydrogens (tertiary/aromatic N) is 2. The molecule has 4 heteroatoms. The van der Waals surface area contributed by atoms with Crippen molar-refractivity contribution in [3.8, 4) is 0 Å². The van der Waals surface area contributed by atoms with Gasteiger partial charge in [0.1, 0.15) is 0 Å². The van der Waals surface area contributed by atoms with Gasteiger partial charge in [-0.3, -0.25) is 0 Å². The molecule has 0 fully saturated rings. The summed E-state index contributed by atoms with van der Waals surface area (Å²) in [6.45, 7) is 0.791. The smallest absolute Gasteiger partial charge is 0.0961 e. The zero-order chi connectivity index (χ0) is 12.5. The van der Waals surface area contributed by atoms with Crippen molar-refractivity contribution in [2.45, 2.75) is 6.54 Å². The Balaban J connectivity index is 2.10. The number of anilines is 1. The van der Waals surface area contributed by atoms with Gasteiger partial charge in [-0.2, -0.15) is 0 Å². The molecule has 0 saturated carbocycles. The van der Waals surface area contributed by atoms with Crippen LogP contribution in [-0.2, 0) is 6.54 Å². The summed E-state index contributed by atoms with van der Waals surface area (Å²) in [6, 6.07) is 14.1. The first kappa shape index (κ1) is 11.3. The fourth-order valence-electron chi connectivity index (χ4n) is 2.04. The van der Waals surface area contributed by atoms with Crippen LogP contribution in [0.1, 0.15) is 5.56 Å². The van der Waals surface area contributed by atoms with Crippen molar-refractivity contribution in [3.63, 3.8) is 0 Å². The SMILES string of the molecule is Nc1ccc2ncn(Cc3ccccc3)c2c1Br. The highest BCUT2D eigenvalue weighted by atomic mass is 79.9. The molecule has 1 heterocycles. The summed E-state index contributed by atoms with van der Waals surface area (Å²) in [5, 5.41) is 0. The Morgan fingerprint density at radius 2 is 1.89 bits per heavy atom. The maximum absolute atomic E-state index is 5.92. The summed E-state index contributed by atoms with van der Waals surface area (Å²) in [6.07, 6.45) is 1.85. The average molecular weight is 302 g/mol. The number of fused-ring (bicyclic) bond motifs is 1. The van der Waals surface area contributed by atoms with E-state index in [9.17, 15) is 0 Å². The number of nitrogen functional groups attached to an aromatic ring is 1. The number of nitrogens with two attached hydrogens (primary N) is 1. The number of hydrogen-bond donors (Lipinski definition) is 1. The number of benzene rings is 2. The van der Waals surface area contributed by atoms with Crippen molar-refractivity contribution in [2.75, 3.05) is 5.73 Å². The lowest BCUT2D eigenvalue weighted by atomic mass is 10.2. The number of rotatable bonds is 2. The summed E-state index contributed by atoms with van der Waals surface area (Å²) in [4.78, 5) is 4.39. The molecule has 0 unspecified atom stereocenters. The molecule has 0 aliphatic carbocycles. The van der Waals surface area contributed by atoms with Crippen molar-refractivity contribution in [1.29, 1.82) is 0 Å². The zero-order valence-corrected chi connectivity index (χ0v) is 11.3. The summed E-state index contributed by atoms with van der Waals surface area (Å²) in [5.41, 5.74) is 9.89. The molecule has 0 bridgehead atoms. The number of hydrogen-bond acceptors (Lipinski definition) is 2. The van der Waals surface area contributed by atoms with Gasteiger partial charge in [-0.15, -0.1) is 0 Å². The Morgan fingerprint density at radius 3 is 2.67 bits per heavy atom. The topological polar surface area (TPSA) is 43.8 Å². The van der Waals surface area contributed by atoms with Crippen molar-refractivity contribution in [3.05, 3.63) is 58.8 Å². The molecule has 1 aromatic heterocycles. The van der Waals surface area contributed by atoms with Gasteiger partial charge in [-0.05, 0) is 33.6 Å². The van der Waals surface area contributed by atoms with Crippen LogP contribution >= 0.6 is 15.9 Å². The Kier molecular flexibility index (Phi) is 2.80.